The Morgan fingerprint density at radius 2 is 2.14 bits per heavy atom. The molecule has 1 atom stereocenters. The second-order valence-electron chi connectivity index (χ2n) is 5.45. The number of carboxylic acids is 1. The molecule has 1 aliphatic carbocycles. The number of nitrogens with zero attached hydrogens (tertiary/aromatic N) is 1. The van der Waals surface area contributed by atoms with Crippen molar-refractivity contribution in [2.24, 2.45) is 5.92 Å². The molecule has 1 aromatic rings. The molecule has 1 fully saturated rings. The fraction of sp³-hybridized carbons (Fsp3) is 0.643. The maximum atomic E-state index is 11.8. The molecule has 116 valence electrons. The van der Waals surface area contributed by atoms with Gasteiger partial charge in [-0.15, -0.1) is 11.3 Å². The van der Waals surface area contributed by atoms with E-state index in [9.17, 15) is 9.59 Å². The van der Waals surface area contributed by atoms with E-state index in [1.54, 1.807) is 0 Å². The Bertz CT molecular complexity index is 497. The summed E-state index contributed by atoms with van der Waals surface area (Å²) in [5.41, 5.74) is 0.0211. The van der Waals surface area contributed by atoms with Gasteiger partial charge in [-0.2, -0.15) is 0 Å². The summed E-state index contributed by atoms with van der Waals surface area (Å²) >= 11 is 1.23. The molecule has 0 saturated heterocycles. The van der Waals surface area contributed by atoms with Gasteiger partial charge in [-0.05, 0) is 25.7 Å². The van der Waals surface area contributed by atoms with E-state index in [4.69, 9.17) is 5.11 Å². The summed E-state index contributed by atoms with van der Waals surface area (Å²) in [6, 6.07) is -0.0590. The number of carbonyl (C=O) groups excluding carboxylic acids is 1. The van der Waals surface area contributed by atoms with E-state index in [1.165, 1.54) is 48.8 Å². The zero-order valence-corrected chi connectivity index (χ0v) is 12.9. The maximum Gasteiger partial charge on any atom is 0.355 e. The molecule has 1 aromatic heterocycles. The fourth-order valence-electron chi connectivity index (χ4n) is 2.66. The van der Waals surface area contributed by atoms with E-state index in [1.807, 2.05) is 6.92 Å². The molecule has 0 aromatic carbocycles. The average molecular weight is 311 g/mol. The Morgan fingerprint density at radius 3 is 2.76 bits per heavy atom. The molecule has 0 radical (unpaired) electrons. The minimum Gasteiger partial charge on any atom is -0.476 e. The average Bonchev–Trinajstić information content (AvgIpc) is 2.95. The highest BCUT2D eigenvalue weighted by molar-refractivity contribution is 7.09. The number of carbonyl (C=O) groups is 2. The first kappa shape index (κ1) is 15.8. The Hall–Kier alpha value is -1.63. The lowest BCUT2D eigenvalue weighted by Crippen LogP contribution is -2.44. The van der Waals surface area contributed by atoms with Gasteiger partial charge in [0.2, 0.25) is 0 Å². The zero-order chi connectivity index (χ0) is 15.2. The molecule has 1 aliphatic rings. The van der Waals surface area contributed by atoms with Crippen LogP contribution in [-0.4, -0.2) is 28.1 Å². The van der Waals surface area contributed by atoms with Crippen molar-refractivity contribution in [2.75, 3.05) is 0 Å². The maximum absolute atomic E-state index is 11.8. The van der Waals surface area contributed by atoms with Crippen molar-refractivity contribution in [3.8, 4) is 0 Å². The predicted molar refractivity (Wildman–Crippen MR) is 80.5 cm³/mol. The van der Waals surface area contributed by atoms with Crippen LogP contribution in [0, 0.1) is 5.92 Å². The highest BCUT2D eigenvalue weighted by Crippen LogP contribution is 2.26. The van der Waals surface area contributed by atoms with Gasteiger partial charge in [0.25, 0.3) is 0 Å². The molecular weight excluding hydrogens is 290 g/mol. The standard InChI is InChI=1S/C14H21N3O3S/c1-9(10-5-3-2-4-6-10)16-14(20)15-7-12-17-11(8-21-12)13(18)19/h8-10H,2-7H2,1H3,(H,18,19)(H2,15,16,20). The molecule has 0 spiro atoms. The number of aromatic carboxylic acids is 1. The summed E-state index contributed by atoms with van der Waals surface area (Å²) in [5, 5.41) is 16.5. The van der Waals surface area contributed by atoms with Gasteiger partial charge < -0.3 is 15.7 Å². The summed E-state index contributed by atoms with van der Waals surface area (Å²) in [6.07, 6.45) is 6.14. The van der Waals surface area contributed by atoms with E-state index in [0.29, 0.717) is 10.9 Å². The molecule has 2 rings (SSSR count). The first-order chi connectivity index (χ1) is 10.1. The fourth-order valence-corrected chi connectivity index (χ4v) is 3.36. The third-order valence-corrected chi connectivity index (χ3v) is 4.74. The van der Waals surface area contributed by atoms with Crippen molar-refractivity contribution in [3.63, 3.8) is 0 Å². The molecule has 1 unspecified atom stereocenters. The molecule has 1 saturated carbocycles. The number of amides is 2. The second kappa shape index (κ2) is 7.40. The van der Waals surface area contributed by atoms with Crippen LogP contribution in [0.2, 0.25) is 0 Å². The molecule has 0 bridgehead atoms. The van der Waals surface area contributed by atoms with E-state index in [2.05, 4.69) is 15.6 Å². The summed E-state index contributed by atoms with van der Waals surface area (Å²) < 4.78 is 0. The van der Waals surface area contributed by atoms with Crippen LogP contribution >= 0.6 is 11.3 Å². The van der Waals surface area contributed by atoms with E-state index in [0.717, 1.165) is 0 Å². The number of carboxylic acid groups (broad SMARTS) is 1. The molecule has 0 aliphatic heterocycles. The van der Waals surface area contributed by atoms with Crippen LogP contribution in [0.25, 0.3) is 0 Å². The Morgan fingerprint density at radius 1 is 1.43 bits per heavy atom. The number of rotatable bonds is 5. The Kier molecular flexibility index (Phi) is 5.55. The zero-order valence-electron chi connectivity index (χ0n) is 12.1. The Labute approximate surface area is 128 Å². The summed E-state index contributed by atoms with van der Waals surface area (Å²) in [6.45, 7) is 2.29. The molecule has 3 N–H and O–H groups in total. The topological polar surface area (TPSA) is 91.3 Å². The van der Waals surface area contributed by atoms with E-state index >= 15 is 0 Å². The molecular formula is C14H21N3O3S. The van der Waals surface area contributed by atoms with Crippen LogP contribution in [0.15, 0.2) is 5.38 Å². The first-order valence-corrected chi connectivity index (χ1v) is 8.16. The third-order valence-electron chi connectivity index (χ3n) is 3.89. The van der Waals surface area contributed by atoms with Gasteiger partial charge in [0, 0.05) is 11.4 Å². The highest BCUT2D eigenvalue weighted by Gasteiger charge is 2.21. The summed E-state index contributed by atoms with van der Waals surface area (Å²) in [4.78, 5) is 26.5. The van der Waals surface area contributed by atoms with Gasteiger partial charge in [0.05, 0.1) is 6.54 Å². The molecule has 1 heterocycles. The quantitative estimate of drug-likeness (QED) is 0.779. The monoisotopic (exact) mass is 311 g/mol. The smallest absolute Gasteiger partial charge is 0.355 e. The Balaban J connectivity index is 1.74. The van der Waals surface area contributed by atoms with Crippen LogP contribution in [0.3, 0.4) is 0 Å². The lowest BCUT2D eigenvalue weighted by molar-refractivity contribution is 0.0691. The van der Waals surface area contributed by atoms with Crippen LogP contribution in [0.4, 0.5) is 4.79 Å². The first-order valence-electron chi connectivity index (χ1n) is 7.28. The number of urea groups is 1. The number of thiazole rings is 1. The van der Waals surface area contributed by atoms with Crippen molar-refractivity contribution < 1.29 is 14.7 Å². The van der Waals surface area contributed by atoms with Crippen LogP contribution in [0.5, 0.6) is 0 Å². The van der Waals surface area contributed by atoms with E-state index < -0.39 is 5.97 Å². The van der Waals surface area contributed by atoms with Crippen LogP contribution < -0.4 is 10.6 Å². The van der Waals surface area contributed by atoms with Crippen molar-refractivity contribution in [2.45, 2.75) is 51.6 Å². The largest absolute Gasteiger partial charge is 0.476 e. The molecule has 2 amide bonds. The summed E-state index contributed by atoms with van der Waals surface area (Å²) in [7, 11) is 0. The normalized spacial score (nSPS) is 17.2. The number of hydrogen-bond acceptors (Lipinski definition) is 4. The minimum absolute atomic E-state index is 0.0211. The number of hydrogen-bond donors (Lipinski definition) is 3. The minimum atomic E-state index is -1.05. The van der Waals surface area contributed by atoms with Gasteiger partial charge in [0.1, 0.15) is 5.01 Å². The summed E-state index contributed by atoms with van der Waals surface area (Å²) in [5.74, 6) is -0.490. The SMILES string of the molecule is CC(NC(=O)NCc1nc(C(=O)O)cs1)C1CCCCC1. The van der Waals surface area contributed by atoms with E-state index in [-0.39, 0.29) is 24.3 Å². The molecule has 21 heavy (non-hydrogen) atoms. The molecule has 6 nitrogen and oxygen atoms in total. The van der Waals surface area contributed by atoms with Crippen molar-refractivity contribution in [1.82, 2.24) is 15.6 Å². The van der Waals surface area contributed by atoms with Gasteiger partial charge >= 0.3 is 12.0 Å². The van der Waals surface area contributed by atoms with Crippen molar-refractivity contribution >= 4 is 23.3 Å². The van der Waals surface area contributed by atoms with Crippen LogP contribution in [-0.2, 0) is 6.54 Å². The third kappa shape index (κ3) is 4.70. The highest BCUT2D eigenvalue weighted by atomic mass is 32.1. The van der Waals surface area contributed by atoms with Gasteiger partial charge in [0.15, 0.2) is 5.69 Å². The molecule has 7 heteroatoms. The van der Waals surface area contributed by atoms with Gasteiger partial charge in [-0.25, -0.2) is 14.6 Å². The van der Waals surface area contributed by atoms with Gasteiger partial charge in [-0.1, -0.05) is 19.3 Å². The number of aromatic nitrogens is 1. The lowest BCUT2D eigenvalue weighted by atomic mass is 9.85. The van der Waals surface area contributed by atoms with Gasteiger partial charge in [-0.3, -0.25) is 0 Å². The van der Waals surface area contributed by atoms with Crippen molar-refractivity contribution in [1.29, 1.82) is 0 Å². The second-order valence-corrected chi connectivity index (χ2v) is 6.39. The lowest BCUT2D eigenvalue weighted by Gasteiger charge is -2.28. The number of nitrogens with one attached hydrogen (secondary N) is 2. The predicted octanol–water partition coefficient (Wildman–Crippen LogP) is 2.61. The van der Waals surface area contributed by atoms with Crippen LogP contribution in [0.1, 0.15) is 54.5 Å². The van der Waals surface area contributed by atoms with Crippen molar-refractivity contribution in [3.05, 3.63) is 16.1 Å².